The quantitative estimate of drug-likeness (QED) is 0.921. The molecule has 2 aromatic rings. The second kappa shape index (κ2) is 4.68. The number of aromatic nitrogens is 4. The second-order valence-corrected chi connectivity index (χ2v) is 5.84. The average molecular weight is 286 g/mol. The van der Waals surface area contributed by atoms with E-state index in [1.54, 1.807) is 0 Å². The van der Waals surface area contributed by atoms with Crippen molar-refractivity contribution in [3.05, 3.63) is 23.3 Å². The van der Waals surface area contributed by atoms with Crippen LogP contribution >= 0.6 is 0 Å². The predicted molar refractivity (Wildman–Crippen MR) is 76.8 cm³/mol. The number of anilines is 2. The number of nitrogens with two attached hydrogens (primary N) is 1. The fourth-order valence-electron chi connectivity index (χ4n) is 2.91. The summed E-state index contributed by atoms with van der Waals surface area (Å²) in [5.41, 5.74) is 6.80. The molecule has 0 spiro atoms. The van der Waals surface area contributed by atoms with Crippen LogP contribution in [0.15, 0.2) is 10.6 Å². The number of nitrogens with zero attached hydrogens (tertiary/aromatic N) is 5. The van der Waals surface area contributed by atoms with Crippen molar-refractivity contribution in [1.29, 1.82) is 0 Å². The summed E-state index contributed by atoms with van der Waals surface area (Å²) in [7, 11) is 0. The molecule has 1 aliphatic heterocycles. The van der Waals surface area contributed by atoms with Gasteiger partial charge in [-0.3, -0.25) is 0 Å². The molecule has 3 heterocycles. The Morgan fingerprint density at radius 1 is 1.24 bits per heavy atom. The van der Waals surface area contributed by atoms with Crippen molar-refractivity contribution in [3.63, 3.8) is 0 Å². The van der Waals surface area contributed by atoms with Crippen molar-refractivity contribution < 1.29 is 4.52 Å². The molecule has 1 saturated carbocycles. The first-order valence-electron chi connectivity index (χ1n) is 7.42. The summed E-state index contributed by atoms with van der Waals surface area (Å²) >= 11 is 0. The Kier molecular flexibility index (Phi) is 2.80. The minimum atomic E-state index is 0.163. The minimum Gasteiger partial charge on any atom is -0.368 e. The lowest BCUT2D eigenvalue weighted by atomic mass is 10.1. The van der Waals surface area contributed by atoms with Crippen LogP contribution in [0, 0.1) is 6.92 Å². The molecule has 0 radical (unpaired) electrons. The summed E-state index contributed by atoms with van der Waals surface area (Å²) in [6, 6.07) is 2.14. The lowest BCUT2D eigenvalue weighted by molar-refractivity contribution is 0.385. The number of aryl methyl sites for hydroxylation is 1. The van der Waals surface area contributed by atoms with E-state index in [2.05, 4.69) is 25.0 Å². The fraction of sp³-hybridized carbons (Fsp3) is 0.571. The molecule has 1 aliphatic carbocycles. The van der Waals surface area contributed by atoms with Gasteiger partial charge < -0.3 is 15.2 Å². The highest BCUT2D eigenvalue weighted by atomic mass is 16.5. The summed E-state index contributed by atoms with van der Waals surface area (Å²) in [5.74, 6) is 3.10. The third kappa shape index (κ3) is 2.32. The van der Waals surface area contributed by atoms with Gasteiger partial charge in [-0.2, -0.15) is 15.0 Å². The SMILES string of the molecule is Cc1cc(C2CCCN2c2nc(N)nc(C3CC3)n2)no1. The van der Waals surface area contributed by atoms with E-state index in [0.717, 1.165) is 49.5 Å². The Bertz CT molecular complexity index is 665. The topological polar surface area (TPSA) is 94.0 Å². The molecule has 0 amide bonds. The van der Waals surface area contributed by atoms with Gasteiger partial charge in [0.05, 0.1) is 6.04 Å². The number of hydrogen-bond acceptors (Lipinski definition) is 7. The Hall–Kier alpha value is -2.18. The van der Waals surface area contributed by atoms with Gasteiger partial charge in [-0.05, 0) is 32.6 Å². The summed E-state index contributed by atoms with van der Waals surface area (Å²) in [5, 5.41) is 4.15. The van der Waals surface area contributed by atoms with Gasteiger partial charge in [0.15, 0.2) is 0 Å². The maximum atomic E-state index is 5.86. The van der Waals surface area contributed by atoms with Gasteiger partial charge >= 0.3 is 0 Å². The Balaban J connectivity index is 1.68. The largest absolute Gasteiger partial charge is 0.368 e. The molecule has 1 saturated heterocycles. The van der Waals surface area contributed by atoms with Crippen LogP contribution in [0.1, 0.15) is 54.9 Å². The zero-order valence-electron chi connectivity index (χ0n) is 12.0. The molecule has 1 unspecified atom stereocenters. The predicted octanol–water partition coefficient (Wildman–Crippen LogP) is 1.97. The van der Waals surface area contributed by atoms with Crippen molar-refractivity contribution in [2.45, 2.75) is 44.6 Å². The van der Waals surface area contributed by atoms with Crippen LogP contribution in [0.25, 0.3) is 0 Å². The molecule has 1 atom stereocenters. The first kappa shape index (κ1) is 12.6. The average Bonchev–Trinajstić information content (AvgIpc) is 3.04. The summed E-state index contributed by atoms with van der Waals surface area (Å²) in [4.78, 5) is 15.4. The van der Waals surface area contributed by atoms with Gasteiger partial charge in [-0.15, -0.1) is 0 Å². The molecular formula is C14H18N6O. The molecule has 2 N–H and O–H groups in total. The van der Waals surface area contributed by atoms with Crippen molar-refractivity contribution >= 4 is 11.9 Å². The third-order valence-electron chi connectivity index (χ3n) is 4.10. The molecule has 110 valence electrons. The standard InChI is InChI=1S/C14H18N6O/c1-8-7-10(19-21-8)11-3-2-6-20(11)14-17-12(9-4-5-9)16-13(15)18-14/h7,9,11H,2-6H2,1H3,(H2,15,16,17,18). The highest BCUT2D eigenvalue weighted by Crippen LogP contribution is 2.40. The van der Waals surface area contributed by atoms with Crippen LogP contribution in [0.5, 0.6) is 0 Å². The first-order chi connectivity index (χ1) is 10.2. The van der Waals surface area contributed by atoms with Crippen molar-refractivity contribution in [2.75, 3.05) is 17.2 Å². The lowest BCUT2D eigenvalue weighted by Crippen LogP contribution is -2.26. The molecule has 2 aliphatic rings. The zero-order valence-corrected chi connectivity index (χ0v) is 12.0. The molecule has 2 fully saturated rings. The Labute approximate surface area is 122 Å². The van der Waals surface area contributed by atoms with E-state index in [1.165, 1.54) is 0 Å². The summed E-state index contributed by atoms with van der Waals surface area (Å²) in [6.07, 6.45) is 4.40. The van der Waals surface area contributed by atoms with E-state index >= 15 is 0 Å². The van der Waals surface area contributed by atoms with Gasteiger partial charge in [-0.1, -0.05) is 5.16 Å². The fourth-order valence-corrected chi connectivity index (χ4v) is 2.91. The van der Waals surface area contributed by atoms with Crippen LogP contribution in [0.2, 0.25) is 0 Å². The highest BCUT2D eigenvalue weighted by molar-refractivity contribution is 5.40. The summed E-state index contributed by atoms with van der Waals surface area (Å²) < 4.78 is 5.20. The van der Waals surface area contributed by atoms with Crippen LogP contribution in [0.3, 0.4) is 0 Å². The number of hydrogen-bond donors (Lipinski definition) is 1. The maximum absolute atomic E-state index is 5.86. The third-order valence-corrected chi connectivity index (χ3v) is 4.10. The van der Waals surface area contributed by atoms with Crippen molar-refractivity contribution in [3.8, 4) is 0 Å². The van der Waals surface area contributed by atoms with E-state index in [1.807, 2.05) is 13.0 Å². The molecule has 0 aromatic carbocycles. The molecule has 7 nitrogen and oxygen atoms in total. The van der Waals surface area contributed by atoms with Gasteiger partial charge in [0.1, 0.15) is 17.3 Å². The van der Waals surface area contributed by atoms with E-state index in [-0.39, 0.29) is 6.04 Å². The van der Waals surface area contributed by atoms with E-state index < -0.39 is 0 Å². The molecule has 4 rings (SSSR count). The highest BCUT2D eigenvalue weighted by Gasteiger charge is 2.33. The normalized spacial score (nSPS) is 22.0. The lowest BCUT2D eigenvalue weighted by Gasteiger charge is -2.23. The molecule has 2 aromatic heterocycles. The van der Waals surface area contributed by atoms with E-state index in [9.17, 15) is 0 Å². The van der Waals surface area contributed by atoms with Crippen LogP contribution in [-0.4, -0.2) is 26.7 Å². The molecule has 0 bridgehead atoms. The van der Waals surface area contributed by atoms with Gasteiger partial charge in [0.25, 0.3) is 0 Å². The van der Waals surface area contributed by atoms with Crippen molar-refractivity contribution in [2.24, 2.45) is 0 Å². The van der Waals surface area contributed by atoms with Gasteiger partial charge in [-0.25, -0.2) is 0 Å². The monoisotopic (exact) mass is 286 g/mol. The van der Waals surface area contributed by atoms with Gasteiger partial charge in [0.2, 0.25) is 11.9 Å². The smallest absolute Gasteiger partial charge is 0.230 e. The van der Waals surface area contributed by atoms with Crippen LogP contribution < -0.4 is 10.6 Å². The van der Waals surface area contributed by atoms with Crippen molar-refractivity contribution in [1.82, 2.24) is 20.1 Å². The Morgan fingerprint density at radius 3 is 2.81 bits per heavy atom. The second-order valence-electron chi connectivity index (χ2n) is 5.84. The molecule has 7 heteroatoms. The summed E-state index contributed by atoms with van der Waals surface area (Å²) in [6.45, 7) is 2.81. The number of rotatable bonds is 3. The van der Waals surface area contributed by atoms with E-state index in [0.29, 0.717) is 17.8 Å². The maximum Gasteiger partial charge on any atom is 0.230 e. The Morgan fingerprint density at radius 2 is 2.10 bits per heavy atom. The minimum absolute atomic E-state index is 0.163. The number of nitrogen functional groups attached to an aromatic ring is 1. The molecule has 21 heavy (non-hydrogen) atoms. The molecular weight excluding hydrogens is 268 g/mol. The van der Waals surface area contributed by atoms with Gasteiger partial charge in [0, 0.05) is 18.5 Å². The van der Waals surface area contributed by atoms with Crippen LogP contribution in [0.4, 0.5) is 11.9 Å². The van der Waals surface area contributed by atoms with Crippen LogP contribution in [-0.2, 0) is 0 Å². The van der Waals surface area contributed by atoms with E-state index in [4.69, 9.17) is 10.3 Å². The zero-order chi connectivity index (χ0) is 14.4. The first-order valence-corrected chi connectivity index (χ1v) is 7.42.